The molecule has 2 aromatic carbocycles. The van der Waals surface area contributed by atoms with E-state index in [1.54, 1.807) is 46.6 Å². The second-order valence-corrected chi connectivity index (χ2v) is 10.4. The third kappa shape index (κ3) is 5.39. The van der Waals surface area contributed by atoms with Gasteiger partial charge in [-0.2, -0.15) is 0 Å². The van der Waals surface area contributed by atoms with Gasteiger partial charge >= 0.3 is 0 Å². The lowest BCUT2D eigenvalue weighted by Gasteiger charge is -2.32. The van der Waals surface area contributed by atoms with Crippen LogP contribution in [-0.4, -0.2) is 43.3 Å². The lowest BCUT2D eigenvalue weighted by Crippen LogP contribution is -2.46. The van der Waals surface area contributed by atoms with Crippen molar-refractivity contribution in [2.45, 2.75) is 37.1 Å². The number of carbonyl (C=O) groups excluding carboxylic acids is 1. The van der Waals surface area contributed by atoms with Gasteiger partial charge in [-0.05, 0) is 38.0 Å². The Labute approximate surface area is 187 Å². The van der Waals surface area contributed by atoms with E-state index in [4.69, 9.17) is 0 Å². The maximum Gasteiger partial charge on any atom is 0.240 e. The number of aromatic nitrogens is 1. The van der Waals surface area contributed by atoms with Crippen molar-refractivity contribution in [3.8, 4) is 10.6 Å². The van der Waals surface area contributed by atoms with E-state index in [0.717, 1.165) is 16.3 Å². The fourth-order valence-corrected chi connectivity index (χ4v) is 5.84. The number of thiazole rings is 1. The van der Waals surface area contributed by atoms with Crippen LogP contribution in [0.1, 0.15) is 24.1 Å². The van der Waals surface area contributed by atoms with Crippen LogP contribution in [0.2, 0.25) is 0 Å². The molecule has 2 heterocycles. The molecular weight excluding hydrogens is 430 g/mol. The molecule has 1 saturated heterocycles. The summed E-state index contributed by atoms with van der Waals surface area (Å²) in [6, 6.07) is 16.4. The number of amides is 1. The molecule has 1 aliphatic heterocycles. The van der Waals surface area contributed by atoms with Crippen molar-refractivity contribution in [3.63, 3.8) is 0 Å². The molecule has 0 unspecified atom stereocenters. The summed E-state index contributed by atoms with van der Waals surface area (Å²) in [4.78, 5) is 19.4. The van der Waals surface area contributed by atoms with E-state index < -0.39 is 10.0 Å². The molecule has 1 aliphatic rings. The number of hydrogen-bond acceptors (Lipinski definition) is 5. The van der Waals surface area contributed by atoms with Gasteiger partial charge in [0.05, 0.1) is 17.0 Å². The van der Waals surface area contributed by atoms with Crippen LogP contribution in [0.4, 0.5) is 0 Å². The highest BCUT2D eigenvalue weighted by molar-refractivity contribution is 7.89. The Hall–Kier alpha value is -2.55. The summed E-state index contributed by atoms with van der Waals surface area (Å²) in [6.07, 6.45) is 1.47. The molecular formula is C23H25N3O3S2. The third-order valence-electron chi connectivity index (χ3n) is 5.37. The van der Waals surface area contributed by atoms with Crippen LogP contribution in [-0.2, 0) is 21.2 Å². The predicted molar refractivity (Wildman–Crippen MR) is 122 cm³/mol. The molecule has 1 aromatic heterocycles. The highest BCUT2D eigenvalue weighted by atomic mass is 32.2. The molecule has 162 valence electrons. The molecule has 6 nitrogen and oxygen atoms in total. The van der Waals surface area contributed by atoms with Crippen LogP contribution in [0.3, 0.4) is 0 Å². The normalized spacial score (nSPS) is 15.2. The van der Waals surface area contributed by atoms with Gasteiger partial charge < -0.3 is 4.90 Å². The number of aryl methyl sites for hydroxylation is 1. The van der Waals surface area contributed by atoms with Crippen LogP contribution in [0.15, 0.2) is 64.9 Å². The van der Waals surface area contributed by atoms with Gasteiger partial charge in [0, 0.05) is 30.1 Å². The summed E-state index contributed by atoms with van der Waals surface area (Å²) < 4.78 is 27.8. The summed E-state index contributed by atoms with van der Waals surface area (Å²) in [6.45, 7) is 3.12. The molecule has 4 rings (SSSR count). The molecule has 1 N–H and O–H groups in total. The van der Waals surface area contributed by atoms with Gasteiger partial charge in [-0.3, -0.25) is 4.79 Å². The standard InChI is InChI=1S/C23H25N3O3S2/c1-17-6-5-7-18(14-17)23-24-20(16-30-23)15-22(27)26-12-10-19(11-13-26)25-31(28,29)21-8-3-2-4-9-21/h2-9,14,16,19,25H,10-13,15H2,1H3. The second kappa shape index (κ2) is 9.30. The average Bonchev–Trinajstić information content (AvgIpc) is 3.23. The van der Waals surface area contributed by atoms with Crippen LogP contribution < -0.4 is 4.72 Å². The Balaban J connectivity index is 1.31. The van der Waals surface area contributed by atoms with Crippen LogP contribution >= 0.6 is 11.3 Å². The van der Waals surface area contributed by atoms with Gasteiger partial charge in [-0.25, -0.2) is 18.1 Å². The Morgan fingerprint density at radius 3 is 2.58 bits per heavy atom. The van der Waals surface area contributed by atoms with Crippen molar-refractivity contribution >= 4 is 27.3 Å². The minimum absolute atomic E-state index is 0.0328. The number of carbonyl (C=O) groups is 1. The summed E-state index contributed by atoms with van der Waals surface area (Å²) in [5.41, 5.74) is 3.02. The predicted octanol–water partition coefficient (Wildman–Crippen LogP) is 3.63. The van der Waals surface area contributed by atoms with E-state index in [1.807, 2.05) is 30.5 Å². The van der Waals surface area contributed by atoms with Crippen molar-refractivity contribution in [2.24, 2.45) is 0 Å². The third-order valence-corrected chi connectivity index (χ3v) is 7.85. The molecule has 0 atom stereocenters. The summed E-state index contributed by atoms with van der Waals surface area (Å²) in [5.74, 6) is 0.0328. The van der Waals surface area contributed by atoms with Gasteiger partial charge in [0.25, 0.3) is 0 Å². The summed E-state index contributed by atoms with van der Waals surface area (Å²) in [5, 5.41) is 2.86. The first-order valence-electron chi connectivity index (χ1n) is 10.3. The zero-order chi connectivity index (χ0) is 21.8. The first-order chi connectivity index (χ1) is 14.9. The second-order valence-electron chi connectivity index (χ2n) is 7.78. The van der Waals surface area contributed by atoms with Crippen molar-refractivity contribution < 1.29 is 13.2 Å². The van der Waals surface area contributed by atoms with E-state index in [2.05, 4.69) is 15.8 Å². The molecule has 0 aliphatic carbocycles. The van der Waals surface area contributed by atoms with E-state index in [1.165, 1.54) is 5.56 Å². The van der Waals surface area contributed by atoms with E-state index in [9.17, 15) is 13.2 Å². The number of likely N-dealkylation sites (tertiary alicyclic amines) is 1. The van der Waals surface area contributed by atoms with Crippen LogP contribution in [0.25, 0.3) is 10.6 Å². The summed E-state index contributed by atoms with van der Waals surface area (Å²) in [7, 11) is -3.53. The highest BCUT2D eigenvalue weighted by Gasteiger charge is 2.27. The Morgan fingerprint density at radius 2 is 1.87 bits per heavy atom. The van der Waals surface area contributed by atoms with Crippen LogP contribution in [0.5, 0.6) is 0 Å². The monoisotopic (exact) mass is 455 g/mol. The average molecular weight is 456 g/mol. The molecule has 31 heavy (non-hydrogen) atoms. The number of sulfonamides is 1. The Kier molecular flexibility index (Phi) is 6.50. The maximum atomic E-state index is 12.7. The van der Waals surface area contributed by atoms with Gasteiger partial charge in [-0.1, -0.05) is 42.0 Å². The smallest absolute Gasteiger partial charge is 0.240 e. The number of rotatable bonds is 6. The Morgan fingerprint density at radius 1 is 1.13 bits per heavy atom. The van der Waals surface area contributed by atoms with E-state index in [0.29, 0.717) is 25.9 Å². The first kappa shape index (κ1) is 21.7. The quantitative estimate of drug-likeness (QED) is 0.616. The molecule has 0 bridgehead atoms. The van der Waals surface area contributed by atoms with Gasteiger partial charge in [-0.15, -0.1) is 11.3 Å². The van der Waals surface area contributed by atoms with E-state index in [-0.39, 0.29) is 23.3 Å². The minimum Gasteiger partial charge on any atom is -0.342 e. The molecule has 8 heteroatoms. The SMILES string of the molecule is Cc1cccc(-c2nc(CC(=O)N3CCC(NS(=O)(=O)c4ccccc4)CC3)cs2)c1. The van der Waals surface area contributed by atoms with Gasteiger partial charge in [0.2, 0.25) is 15.9 Å². The van der Waals surface area contributed by atoms with Crippen molar-refractivity contribution in [2.75, 3.05) is 13.1 Å². The van der Waals surface area contributed by atoms with Crippen LogP contribution in [0, 0.1) is 6.92 Å². The largest absolute Gasteiger partial charge is 0.342 e. The molecule has 0 saturated carbocycles. The number of hydrogen-bond donors (Lipinski definition) is 1. The van der Waals surface area contributed by atoms with Crippen molar-refractivity contribution in [1.29, 1.82) is 0 Å². The molecule has 0 spiro atoms. The topological polar surface area (TPSA) is 79.4 Å². The van der Waals surface area contributed by atoms with Crippen molar-refractivity contribution in [1.82, 2.24) is 14.6 Å². The maximum absolute atomic E-state index is 12.7. The fourth-order valence-electron chi connectivity index (χ4n) is 3.70. The van der Waals surface area contributed by atoms with Crippen molar-refractivity contribution in [3.05, 3.63) is 71.2 Å². The first-order valence-corrected chi connectivity index (χ1v) is 12.6. The molecule has 3 aromatic rings. The lowest BCUT2D eigenvalue weighted by atomic mass is 10.1. The van der Waals surface area contributed by atoms with Gasteiger partial charge in [0.1, 0.15) is 5.01 Å². The summed E-state index contributed by atoms with van der Waals surface area (Å²) >= 11 is 1.55. The lowest BCUT2D eigenvalue weighted by molar-refractivity contribution is -0.131. The van der Waals surface area contributed by atoms with E-state index >= 15 is 0 Å². The minimum atomic E-state index is -3.53. The molecule has 0 radical (unpaired) electrons. The van der Waals surface area contributed by atoms with Gasteiger partial charge in [0.15, 0.2) is 0 Å². The zero-order valence-electron chi connectivity index (χ0n) is 17.3. The molecule has 1 amide bonds. The molecule has 1 fully saturated rings. The number of benzene rings is 2. The number of piperidine rings is 1. The Bertz CT molecular complexity index is 1150. The fraction of sp³-hybridized carbons (Fsp3) is 0.304. The highest BCUT2D eigenvalue weighted by Crippen LogP contribution is 2.25. The zero-order valence-corrected chi connectivity index (χ0v) is 19.0. The number of nitrogens with zero attached hydrogens (tertiary/aromatic N) is 2. The number of nitrogens with one attached hydrogen (secondary N) is 1.